The van der Waals surface area contributed by atoms with E-state index in [9.17, 15) is 0 Å². The molecule has 0 unspecified atom stereocenters. The molecule has 0 aliphatic rings. The summed E-state index contributed by atoms with van der Waals surface area (Å²) in [5, 5.41) is 2.13. The van der Waals surface area contributed by atoms with Gasteiger partial charge in [0.05, 0.1) is 0 Å². The van der Waals surface area contributed by atoms with Crippen LogP contribution in [0.2, 0.25) is 0 Å². The highest BCUT2D eigenvalue weighted by Gasteiger charge is 2.16. The fourth-order valence-electron chi connectivity index (χ4n) is 1.61. The topological polar surface area (TPSA) is 0 Å². The lowest BCUT2D eigenvalue weighted by atomic mass is 9.89. The molecule has 1 aromatic rings. The van der Waals surface area contributed by atoms with E-state index in [2.05, 4.69) is 44.9 Å². The third-order valence-electron chi connectivity index (χ3n) is 2.05. The Morgan fingerprint density at radius 2 is 2.17 bits per heavy atom. The molecule has 0 spiro atoms. The molecule has 1 aromatic heterocycles. The predicted octanol–water partition coefficient (Wildman–Crippen LogP) is 4.06. The number of allylic oxidation sites excluding steroid dienone is 1. The molecule has 1 heteroatoms. The van der Waals surface area contributed by atoms with Crippen molar-refractivity contribution in [3.05, 3.63) is 34.5 Å². The van der Waals surface area contributed by atoms with Gasteiger partial charge in [0.25, 0.3) is 0 Å². The summed E-state index contributed by atoms with van der Waals surface area (Å²) in [6, 6.07) is 4.31. The molecule has 0 saturated carbocycles. The first-order valence-corrected chi connectivity index (χ1v) is 5.19. The van der Waals surface area contributed by atoms with Gasteiger partial charge in [-0.25, -0.2) is 0 Å². The van der Waals surface area contributed by atoms with Crippen LogP contribution in [-0.2, 0) is 0 Å². The summed E-state index contributed by atoms with van der Waals surface area (Å²) in [5.41, 5.74) is 1.27. The fourth-order valence-corrected chi connectivity index (χ4v) is 2.70. The minimum Gasteiger partial charge on any atom is -0.148 e. The Bertz CT molecular complexity index is 244. The Labute approximate surface area is 78.9 Å². The van der Waals surface area contributed by atoms with Gasteiger partial charge in [-0.1, -0.05) is 32.1 Å². The molecular formula is C11H16S. The van der Waals surface area contributed by atoms with E-state index in [1.165, 1.54) is 10.5 Å². The van der Waals surface area contributed by atoms with Crippen molar-refractivity contribution in [1.29, 1.82) is 0 Å². The second kappa shape index (κ2) is 3.90. The van der Waals surface area contributed by atoms with Gasteiger partial charge in [-0.05, 0) is 24.3 Å². The van der Waals surface area contributed by atoms with Crippen molar-refractivity contribution in [2.24, 2.45) is 5.92 Å². The van der Waals surface area contributed by atoms with Gasteiger partial charge in [0.2, 0.25) is 0 Å². The van der Waals surface area contributed by atoms with Crippen molar-refractivity contribution >= 4 is 11.3 Å². The highest BCUT2D eigenvalue weighted by Crippen LogP contribution is 2.33. The summed E-state index contributed by atoms with van der Waals surface area (Å²) in [6.07, 6.45) is 0. The van der Waals surface area contributed by atoms with E-state index < -0.39 is 0 Å². The van der Waals surface area contributed by atoms with Gasteiger partial charge >= 0.3 is 0 Å². The van der Waals surface area contributed by atoms with Gasteiger partial charge < -0.3 is 0 Å². The molecule has 12 heavy (non-hydrogen) atoms. The Kier molecular flexibility index (Phi) is 3.10. The van der Waals surface area contributed by atoms with Gasteiger partial charge in [0.1, 0.15) is 0 Å². The predicted molar refractivity (Wildman–Crippen MR) is 56.7 cm³/mol. The van der Waals surface area contributed by atoms with Crippen molar-refractivity contribution in [1.82, 2.24) is 0 Å². The quantitative estimate of drug-likeness (QED) is 0.615. The molecule has 0 aliphatic heterocycles. The van der Waals surface area contributed by atoms with Crippen LogP contribution in [0.15, 0.2) is 29.7 Å². The zero-order valence-corrected chi connectivity index (χ0v) is 8.82. The summed E-state index contributed by atoms with van der Waals surface area (Å²) in [4.78, 5) is 1.44. The molecule has 0 aliphatic carbocycles. The number of hydrogen-bond donors (Lipinski definition) is 0. The lowest BCUT2D eigenvalue weighted by Crippen LogP contribution is -2.05. The minimum absolute atomic E-state index is 0.546. The van der Waals surface area contributed by atoms with Gasteiger partial charge in [0, 0.05) is 10.8 Å². The smallest absolute Gasteiger partial charge is 0.0160 e. The van der Waals surface area contributed by atoms with Crippen LogP contribution in [0.5, 0.6) is 0 Å². The molecule has 66 valence electrons. The lowest BCUT2D eigenvalue weighted by molar-refractivity contribution is 0.563. The third-order valence-corrected chi connectivity index (χ3v) is 3.00. The molecule has 0 N–H and O–H groups in total. The molecule has 0 bridgehead atoms. The van der Waals surface area contributed by atoms with Crippen molar-refractivity contribution in [2.45, 2.75) is 26.7 Å². The van der Waals surface area contributed by atoms with Crippen LogP contribution < -0.4 is 0 Å². The molecule has 0 fully saturated rings. The van der Waals surface area contributed by atoms with Crippen LogP contribution in [0.3, 0.4) is 0 Å². The molecule has 0 saturated heterocycles. The van der Waals surface area contributed by atoms with Gasteiger partial charge in [-0.3, -0.25) is 0 Å². The number of hydrogen-bond acceptors (Lipinski definition) is 1. The number of rotatable bonds is 3. The van der Waals surface area contributed by atoms with Crippen LogP contribution >= 0.6 is 11.3 Å². The minimum atomic E-state index is 0.546. The van der Waals surface area contributed by atoms with Gasteiger partial charge in [-0.2, -0.15) is 0 Å². The average Bonchev–Trinajstić information content (AvgIpc) is 2.37. The van der Waals surface area contributed by atoms with E-state index in [0.717, 1.165) is 0 Å². The normalized spacial score (nSPS) is 13.3. The highest BCUT2D eigenvalue weighted by molar-refractivity contribution is 7.10. The Hall–Kier alpha value is -0.560. The maximum absolute atomic E-state index is 4.04. The first kappa shape index (κ1) is 9.53. The van der Waals surface area contributed by atoms with Gasteiger partial charge in [-0.15, -0.1) is 11.3 Å². The van der Waals surface area contributed by atoms with Crippen LogP contribution in [0.1, 0.15) is 31.6 Å². The van der Waals surface area contributed by atoms with Crippen molar-refractivity contribution in [2.75, 3.05) is 0 Å². The van der Waals surface area contributed by atoms with Gasteiger partial charge in [0.15, 0.2) is 0 Å². The van der Waals surface area contributed by atoms with Crippen LogP contribution in [0.25, 0.3) is 0 Å². The molecule has 1 rings (SSSR count). The summed E-state index contributed by atoms with van der Waals surface area (Å²) in [5.74, 6) is 1.20. The van der Waals surface area contributed by atoms with E-state index in [0.29, 0.717) is 11.8 Å². The standard InChI is InChI=1S/C11H16S/c1-8(2)11(9(3)4)10-6-5-7-12-10/h5-7,9,11H,1H2,2-4H3/t11-/m0/s1. The number of thiophene rings is 1. The molecule has 0 nitrogen and oxygen atoms in total. The summed E-state index contributed by atoms with van der Waals surface area (Å²) < 4.78 is 0. The maximum atomic E-state index is 4.04. The van der Waals surface area contributed by atoms with E-state index in [1.807, 2.05) is 11.3 Å². The second-order valence-electron chi connectivity index (χ2n) is 3.58. The Morgan fingerprint density at radius 3 is 2.50 bits per heavy atom. The first-order valence-electron chi connectivity index (χ1n) is 4.31. The summed E-state index contributed by atoms with van der Waals surface area (Å²) >= 11 is 1.83. The largest absolute Gasteiger partial charge is 0.148 e. The SMILES string of the molecule is C=C(C)[C@H](c1cccs1)C(C)C. The van der Waals surface area contributed by atoms with Crippen LogP contribution in [0, 0.1) is 5.92 Å². The van der Waals surface area contributed by atoms with Crippen molar-refractivity contribution < 1.29 is 0 Å². The highest BCUT2D eigenvalue weighted by atomic mass is 32.1. The summed E-state index contributed by atoms with van der Waals surface area (Å²) in [7, 11) is 0. The zero-order chi connectivity index (χ0) is 9.14. The molecule has 0 aromatic carbocycles. The monoisotopic (exact) mass is 180 g/mol. The zero-order valence-electron chi connectivity index (χ0n) is 8.00. The molecular weight excluding hydrogens is 164 g/mol. The third kappa shape index (κ3) is 1.98. The fraction of sp³-hybridized carbons (Fsp3) is 0.455. The Morgan fingerprint density at radius 1 is 1.50 bits per heavy atom. The van der Waals surface area contributed by atoms with E-state index in [1.54, 1.807) is 0 Å². The van der Waals surface area contributed by atoms with Crippen LogP contribution in [-0.4, -0.2) is 0 Å². The van der Waals surface area contributed by atoms with Crippen LogP contribution in [0.4, 0.5) is 0 Å². The summed E-state index contributed by atoms with van der Waals surface area (Å²) in [6.45, 7) is 10.7. The van der Waals surface area contributed by atoms with E-state index in [-0.39, 0.29) is 0 Å². The maximum Gasteiger partial charge on any atom is 0.0160 e. The Balaban J connectivity index is 2.88. The van der Waals surface area contributed by atoms with Crippen molar-refractivity contribution in [3.63, 3.8) is 0 Å². The molecule has 1 atom stereocenters. The first-order chi connectivity index (χ1) is 5.63. The van der Waals surface area contributed by atoms with Crippen molar-refractivity contribution in [3.8, 4) is 0 Å². The molecule has 0 radical (unpaired) electrons. The van der Waals surface area contributed by atoms with E-state index in [4.69, 9.17) is 0 Å². The molecule has 1 heterocycles. The lowest BCUT2D eigenvalue weighted by Gasteiger charge is -2.19. The average molecular weight is 180 g/mol. The molecule has 0 amide bonds. The second-order valence-corrected chi connectivity index (χ2v) is 4.56. The van der Waals surface area contributed by atoms with E-state index >= 15 is 0 Å².